The zero-order chi connectivity index (χ0) is 12.2. The minimum atomic E-state index is -3.19. The van der Waals surface area contributed by atoms with Crippen molar-refractivity contribution in [3.63, 3.8) is 0 Å². The van der Waals surface area contributed by atoms with Gasteiger partial charge in [0, 0.05) is 5.75 Å². The van der Waals surface area contributed by atoms with Gasteiger partial charge in [0.05, 0.1) is 11.7 Å². The Bertz CT molecular complexity index is 328. The van der Waals surface area contributed by atoms with Crippen LogP contribution in [0.15, 0.2) is 0 Å². The molecule has 1 atom stereocenters. The third-order valence-corrected chi connectivity index (χ3v) is 5.16. The monoisotopic (exact) mass is 248 g/mol. The van der Waals surface area contributed by atoms with Crippen molar-refractivity contribution < 1.29 is 18.3 Å². The van der Waals surface area contributed by atoms with E-state index >= 15 is 0 Å². The number of aliphatic carboxylic acids is 1. The maximum absolute atomic E-state index is 11.5. The van der Waals surface area contributed by atoms with Crippen LogP contribution in [0.5, 0.6) is 0 Å². The normalized spacial score (nSPS) is 20.6. The van der Waals surface area contributed by atoms with Crippen molar-refractivity contribution in [2.45, 2.75) is 39.0 Å². The molecule has 1 saturated carbocycles. The SMILES string of the molecule is CCS(=O)(=O)C[C@H](C(=O)O)C1CCCCC1. The highest BCUT2D eigenvalue weighted by Crippen LogP contribution is 2.31. The molecule has 5 heteroatoms. The Kier molecular flexibility index (Phi) is 4.77. The molecule has 94 valence electrons. The average molecular weight is 248 g/mol. The molecule has 0 radical (unpaired) electrons. The van der Waals surface area contributed by atoms with Gasteiger partial charge in [-0.2, -0.15) is 0 Å². The van der Waals surface area contributed by atoms with Crippen LogP contribution in [0.4, 0.5) is 0 Å². The summed E-state index contributed by atoms with van der Waals surface area (Å²) >= 11 is 0. The molecule has 1 N–H and O–H groups in total. The minimum absolute atomic E-state index is 0.0313. The molecule has 0 saturated heterocycles. The molecule has 1 aliphatic rings. The first-order valence-electron chi connectivity index (χ1n) is 5.89. The summed E-state index contributed by atoms with van der Waals surface area (Å²) in [6.45, 7) is 1.56. The van der Waals surface area contributed by atoms with E-state index in [1.54, 1.807) is 6.92 Å². The number of hydrogen-bond acceptors (Lipinski definition) is 3. The van der Waals surface area contributed by atoms with Crippen LogP contribution >= 0.6 is 0 Å². The first-order valence-corrected chi connectivity index (χ1v) is 7.71. The van der Waals surface area contributed by atoms with Crippen LogP contribution in [-0.2, 0) is 14.6 Å². The van der Waals surface area contributed by atoms with Gasteiger partial charge in [-0.25, -0.2) is 8.42 Å². The third-order valence-electron chi connectivity index (χ3n) is 3.41. The summed E-state index contributed by atoms with van der Waals surface area (Å²) in [6.07, 6.45) is 4.91. The van der Waals surface area contributed by atoms with Crippen molar-refractivity contribution in [2.75, 3.05) is 11.5 Å². The van der Waals surface area contributed by atoms with Gasteiger partial charge in [0.1, 0.15) is 0 Å². The minimum Gasteiger partial charge on any atom is -0.481 e. The Balaban J connectivity index is 2.70. The molecule has 0 bridgehead atoms. The molecule has 0 aliphatic heterocycles. The van der Waals surface area contributed by atoms with Crippen molar-refractivity contribution in [2.24, 2.45) is 11.8 Å². The Labute approximate surface area is 97.0 Å². The van der Waals surface area contributed by atoms with Crippen LogP contribution in [-0.4, -0.2) is 31.0 Å². The van der Waals surface area contributed by atoms with E-state index in [4.69, 9.17) is 5.11 Å². The van der Waals surface area contributed by atoms with Gasteiger partial charge >= 0.3 is 5.97 Å². The van der Waals surface area contributed by atoms with Crippen LogP contribution in [0.3, 0.4) is 0 Å². The molecule has 1 rings (SSSR count). The van der Waals surface area contributed by atoms with Gasteiger partial charge in [0.15, 0.2) is 9.84 Å². The van der Waals surface area contributed by atoms with Gasteiger partial charge in [-0.1, -0.05) is 26.2 Å². The molecule has 0 aromatic heterocycles. The lowest BCUT2D eigenvalue weighted by Crippen LogP contribution is -2.32. The van der Waals surface area contributed by atoms with E-state index in [2.05, 4.69) is 0 Å². The molecule has 16 heavy (non-hydrogen) atoms. The second-order valence-electron chi connectivity index (χ2n) is 4.54. The van der Waals surface area contributed by atoms with Gasteiger partial charge in [-0.05, 0) is 18.8 Å². The number of carboxylic acid groups (broad SMARTS) is 1. The maximum Gasteiger partial charge on any atom is 0.307 e. The number of carbonyl (C=O) groups is 1. The van der Waals surface area contributed by atoms with Crippen LogP contribution in [0.25, 0.3) is 0 Å². The first kappa shape index (κ1) is 13.5. The van der Waals surface area contributed by atoms with Crippen molar-refractivity contribution in [3.05, 3.63) is 0 Å². The fourth-order valence-corrected chi connectivity index (χ4v) is 3.53. The fourth-order valence-electron chi connectivity index (χ4n) is 2.34. The number of sulfone groups is 1. The quantitative estimate of drug-likeness (QED) is 0.804. The summed E-state index contributed by atoms with van der Waals surface area (Å²) in [5.74, 6) is -1.77. The molecular formula is C11H20O4S. The van der Waals surface area contributed by atoms with Crippen LogP contribution in [0.2, 0.25) is 0 Å². The molecule has 1 aliphatic carbocycles. The highest BCUT2D eigenvalue weighted by atomic mass is 32.2. The third kappa shape index (κ3) is 3.77. The van der Waals surface area contributed by atoms with E-state index in [0.717, 1.165) is 32.1 Å². The van der Waals surface area contributed by atoms with Gasteiger partial charge in [-0.15, -0.1) is 0 Å². The van der Waals surface area contributed by atoms with Gasteiger partial charge in [0.25, 0.3) is 0 Å². The lowest BCUT2D eigenvalue weighted by atomic mass is 9.81. The lowest BCUT2D eigenvalue weighted by molar-refractivity contribution is -0.143. The van der Waals surface area contributed by atoms with E-state index < -0.39 is 21.7 Å². The summed E-state index contributed by atoms with van der Waals surface area (Å²) in [4.78, 5) is 11.1. The highest BCUT2D eigenvalue weighted by molar-refractivity contribution is 7.91. The Morgan fingerprint density at radius 1 is 1.31 bits per heavy atom. The van der Waals surface area contributed by atoms with Crippen LogP contribution in [0.1, 0.15) is 39.0 Å². The predicted octanol–water partition coefficient (Wildman–Crippen LogP) is 1.70. The van der Waals surface area contributed by atoms with Crippen molar-refractivity contribution >= 4 is 15.8 Å². The standard InChI is InChI=1S/C11H20O4S/c1-2-16(14,15)8-10(11(12)13)9-6-4-3-5-7-9/h9-10H,2-8H2,1H3,(H,12,13)/t10-/m0/s1. The molecule has 0 spiro atoms. The molecule has 0 amide bonds. The van der Waals surface area contributed by atoms with E-state index in [1.165, 1.54) is 0 Å². The maximum atomic E-state index is 11.5. The van der Waals surface area contributed by atoms with Gasteiger partial charge < -0.3 is 5.11 Å². The summed E-state index contributed by atoms with van der Waals surface area (Å²) in [5.41, 5.74) is 0. The molecule has 0 aromatic rings. The lowest BCUT2D eigenvalue weighted by Gasteiger charge is -2.27. The summed E-state index contributed by atoms with van der Waals surface area (Å²) in [7, 11) is -3.19. The zero-order valence-corrected chi connectivity index (χ0v) is 10.5. The smallest absolute Gasteiger partial charge is 0.307 e. The molecule has 4 nitrogen and oxygen atoms in total. The Morgan fingerprint density at radius 2 is 1.88 bits per heavy atom. The highest BCUT2D eigenvalue weighted by Gasteiger charge is 2.32. The van der Waals surface area contributed by atoms with E-state index in [0.29, 0.717) is 0 Å². The molecular weight excluding hydrogens is 228 g/mol. The largest absolute Gasteiger partial charge is 0.481 e. The number of hydrogen-bond donors (Lipinski definition) is 1. The summed E-state index contributed by atoms with van der Waals surface area (Å²) < 4.78 is 23.0. The van der Waals surface area contributed by atoms with Gasteiger partial charge in [0.2, 0.25) is 0 Å². The van der Waals surface area contributed by atoms with E-state index in [1.807, 2.05) is 0 Å². The summed E-state index contributed by atoms with van der Waals surface area (Å²) in [5, 5.41) is 9.12. The molecule has 0 heterocycles. The molecule has 0 unspecified atom stereocenters. The summed E-state index contributed by atoms with van der Waals surface area (Å²) in [6, 6.07) is 0. The van der Waals surface area contributed by atoms with E-state index in [9.17, 15) is 13.2 Å². The topological polar surface area (TPSA) is 71.4 Å². The number of carboxylic acids is 1. The Hall–Kier alpha value is -0.580. The Morgan fingerprint density at radius 3 is 2.31 bits per heavy atom. The number of rotatable bonds is 5. The van der Waals surface area contributed by atoms with E-state index in [-0.39, 0.29) is 17.4 Å². The fraction of sp³-hybridized carbons (Fsp3) is 0.909. The molecule has 1 fully saturated rings. The zero-order valence-electron chi connectivity index (χ0n) is 9.68. The van der Waals surface area contributed by atoms with Gasteiger partial charge in [-0.3, -0.25) is 4.79 Å². The second-order valence-corrected chi connectivity index (χ2v) is 6.94. The van der Waals surface area contributed by atoms with Crippen molar-refractivity contribution in [1.29, 1.82) is 0 Å². The first-order chi connectivity index (χ1) is 7.46. The average Bonchev–Trinajstić information content (AvgIpc) is 2.27. The predicted molar refractivity (Wildman–Crippen MR) is 62.0 cm³/mol. The molecule has 0 aromatic carbocycles. The van der Waals surface area contributed by atoms with Crippen molar-refractivity contribution in [3.8, 4) is 0 Å². The van der Waals surface area contributed by atoms with Crippen molar-refractivity contribution in [1.82, 2.24) is 0 Å². The van der Waals surface area contributed by atoms with Crippen LogP contribution < -0.4 is 0 Å². The van der Waals surface area contributed by atoms with Crippen LogP contribution in [0, 0.1) is 11.8 Å². The second kappa shape index (κ2) is 5.66.